The van der Waals surface area contributed by atoms with Gasteiger partial charge in [-0.15, -0.1) is 10.2 Å². The lowest BCUT2D eigenvalue weighted by molar-refractivity contribution is 0.0754. The van der Waals surface area contributed by atoms with E-state index < -0.39 is 0 Å². The summed E-state index contributed by atoms with van der Waals surface area (Å²) in [5, 5.41) is 12.1. The van der Waals surface area contributed by atoms with Gasteiger partial charge in [0, 0.05) is 24.7 Å². The molecule has 1 aliphatic heterocycles. The van der Waals surface area contributed by atoms with Gasteiger partial charge in [0.1, 0.15) is 5.82 Å². The molecule has 0 radical (unpaired) electrons. The van der Waals surface area contributed by atoms with E-state index in [1.165, 1.54) is 12.8 Å². The Labute approximate surface area is 147 Å². The predicted molar refractivity (Wildman–Crippen MR) is 95.2 cm³/mol. The SMILES string of the molecule is O=C(c1ccc(NCc2ccc(Cl)cc2)nn1)N1CCCCCC1. The Balaban J connectivity index is 1.58. The van der Waals surface area contributed by atoms with Crippen molar-refractivity contribution in [3.63, 3.8) is 0 Å². The van der Waals surface area contributed by atoms with E-state index in [0.29, 0.717) is 18.1 Å². The van der Waals surface area contributed by atoms with Crippen molar-refractivity contribution in [3.05, 3.63) is 52.7 Å². The van der Waals surface area contributed by atoms with E-state index in [0.717, 1.165) is 36.5 Å². The lowest BCUT2D eigenvalue weighted by atomic mass is 10.2. The number of carbonyl (C=O) groups is 1. The standard InChI is InChI=1S/C18H21ClN4O/c19-15-7-5-14(6-8-15)13-20-17-10-9-16(21-22-17)18(24)23-11-3-1-2-4-12-23/h5-10H,1-4,11-13H2,(H,20,22). The smallest absolute Gasteiger partial charge is 0.274 e. The topological polar surface area (TPSA) is 58.1 Å². The number of hydrogen-bond donors (Lipinski definition) is 1. The Bertz CT molecular complexity index is 664. The average Bonchev–Trinajstić information content (AvgIpc) is 2.90. The van der Waals surface area contributed by atoms with Crippen LogP contribution in [0.5, 0.6) is 0 Å². The summed E-state index contributed by atoms with van der Waals surface area (Å²) in [6.45, 7) is 2.26. The molecule has 126 valence electrons. The molecule has 1 amide bonds. The van der Waals surface area contributed by atoms with Gasteiger partial charge in [0.05, 0.1) is 0 Å². The first-order valence-corrected chi connectivity index (χ1v) is 8.71. The zero-order valence-electron chi connectivity index (χ0n) is 13.5. The molecule has 2 heterocycles. The van der Waals surface area contributed by atoms with Crippen LogP contribution in [0.2, 0.25) is 5.02 Å². The van der Waals surface area contributed by atoms with Gasteiger partial charge in [-0.3, -0.25) is 4.79 Å². The number of nitrogens with one attached hydrogen (secondary N) is 1. The van der Waals surface area contributed by atoms with Crippen molar-refractivity contribution in [1.82, 2.24) is 15.1 Å². The zero-order chi connectivity index (χ0) is 16.8. The fourth-order valence-electron chi connectivity index (χ4n) is 2.77. The van der Waals surface area contributed by atoms with Crippen molar-refractivity contribution in [2.75, 3.05) is 18.4 Å². The number of halogens is 1. The van der Waals surface area contributed by atoms with E-state index in [1.807, 2.05) is 29.2 Å². The molecule has 1 aromatic heterocycles. The monoisotopic (exact) mass is 344 g/mol. The lowest BCUT2D eigenvalue weighted by Gasteiger charge is -2.19. The van der Waals surface area contributed by atoms with E-state index in [-0.39, 0.29) is 5.91 Å². The van der Waals surface area contributed by atoms with Gasteiger partial charge in [-0.05, 0) is 42.7 Å². The number of likely N-dealkylation sites (tertiary alicyclic amines) is 1. The molecular weight excluding hydrogens is 324 g/mol. The van der Waals surface area contributed by atoms with Crippen LogP contribution in [-0.4, -0.2) is 34.1 Å². The van der Waals surface area contributed by atoms with E-state index in [2.05, 4.69) is 15.5 Å². The molecule has 0 atom stereocenters. The molecule has 0 spiro atoms. The highest BCUT2D eigenvalue weighted by Gasteiger charge is 2.18. The normalized spacial score (nSPS) is 15.0. The highest BCUT2D eigenvalue weighted by molar-refractivity contribution is 6.30. The van der Waals surface area contributed by atoms with Crippen molar-refractivity contribution in [1.29, 1.82) is 0 Å². The molecule has 0 saturated carbocycles. The highest BCUT2D eigenvalue weighted by Crippen LogP contribution is 2.14. The molecule has 1 aliphatic rings. The maximum absolute atomic E-state index is 12.5. The minimum absolute atomic E-state index is 0.0198. The zero-order valence-corrected chi connectivity index (χ0v) is 14.3. The minimum Gasteiger partial charge on any atom is -0.365 e. The van der Waals surface area contributed by atoms with Crippen LogP contribution in [0.15, 0.2) is 36.4 Å². The van der Waals surface area contributed by atoms with Gasteiger partial charge in [0.2, 0.25) is 0 Å². The van der Waals surface area contributed by atoms with E-state index >= 15 is 0 Å². The molecule has 1 N–H and O–H groups in total. The second-order valence-electron chi connectivity index (χ2n) is 5.99. The van der Waals surface area contributed by atoms with Crippen LogP contribution in [0.4, 0.5) is 5.82 Å². The molecule has 0 bridgehead atoms. The van der Waals surface area contributed by atoms with Gasteiger partial charge < -0.3 is 10.2 Å². The van der Waals surface area contributed by atoms with Crippen LogP contribution < -0.4 is 5.32 Å². The largest absolute Gasteiger partial charge is 0.365 e. The predicted octanol–water partition coefficient (Wildman–Crippen LogP) is 3.76. The fourth-order valence-corrected chi connectivity index (χ4v) is 2.90. The van der Waals surface area contributed by atoms with Crippen LogP contribution in [0.25, 0.3) is 0 Å². The van der Waals surface area contributed by atoms with Crippen LogP contribution in [0.3, 0.4) is 0 Å². The number of benzene rings is 1. The van der Waals surface area contributed by atoms with Gasteiger partial charge in [-0.2, -0.15) is 0 Å². The Hall–Kier alpha value is -2.14. The van der Waals surface area contributed by atoms with Crippen LogP contribution in [0.1, 0.15) is 41.7 Å². The summed E-state index contributed by atoms with van der Waals surface area (Å²) in [6.07, 6.45) is 4.53. The molecule has 3 rings (SSSR count). The van der Waals surface area contributed by atoms with Crippen molar-refractivity contribution >= 4 is 23.3 Å². The Morgan fingerprint density at radius 3 is 2.33 bits per heavy atom. The highest BCUT2D eigenvalue weighted by atomic mass is 35.5. The number of amides is 1. The van der Waals surface area contributed by atoms with Gasteiger partial charge in [0.15, 0.2) is 5.69 Å². The van der Waals surface area contributed by atoms with Gasteiger partial charge in [-0.25, -0.2) is 0 Å². The number of anilines is 1. The summed E-state index contributed by atoms with van der Waals surface area (Å²) < 4.78 is 0. The summed E-state index contributed by atoms with van der Waals surface area (Å²) in [4.78, 5) is 14.4. The second-order valence-corrected chi connectivity index (χ2v) is 6.43. The van der Waals surface area contributed by atoms with E-state index in [9.17, 15) is 4.79 Å². The first kappa shape index (κ1) is 16.7. The van der Waals surface area contributed by atoms with Gasteiger partial charge in [-0.1, -0.05) is 36.6 Å². The van der Waals surface area contributed by atoms with Crippen molar-refractivity contribution in [2.45, 2.75) is 32.2 Å². The summed E-state index contributed by atoms with van der Waals surface area (Å²) in [5.41, 5.74) is 1.51. The summed E-state index contributed by atoms with van der Waals surface area (Å²) in [5.74, 6) is 0.631. The third kappa shape index (κ3) is 4.45. The summed E-state index contributed by atoms with van der Waals surface area (Å²) in [6, 6.07) is 11.2. The molecule has 1 aromatic carbocycles. The second kappa shape index (κ2) is 8.11. The molecule has 1 fully saturated rings. The van der Waals surface area contributed by atoms with Gasteiger partial charge in [0.25, 0.3) is 5.91 Å². The summed E-state index contributed by atoms with van der Waals surface area (Å²) >= 11 is 5.87. The minimum atomic E-state index is -0.0198. The number of hydrogen-bond acceptors (Lipinski definition) is 4. The first-order valence-electron chi connectivity index (χ1n) is 8.34. The average molecular weight is 345 g/mol. The van der Waals surface area contributed by atoms with Crippen LogP contribution in [-0.2, 0) is 6.54 Å². The third-order valence-electron chi connectivity index (χ3n) is 4.16. The number of rotatable bonds is 4. The number of carbonyl (C=O) groups excluding carboxylic acids is 1. The Morgan fingerprint density at radius 1 is 1.00 bits per heavy atom. The Morgan fingerprint density at radius 2 is 1.71 bits per heavy atom. The van der Waals surface area contributed by atoms with E-state index in [1.54, 1.807) is 12.1 Å². The Kier molecular flexibility index (Phi) is 5.64. The fraction of sp³-hybridized carbons (Fsp3) is 0.389. The molecule has 0 unspecified atom stereocenters. The third-order valence-corrected chi connectivity index (χ3v) is 4.42. The summed E-state index contributed by atoms with van der Waals surface area (Å²) in [7, 11) is 0. The number of aromatic nitrogens is 2. The molecule has 2 aromatic rings. The van der Waals surface area contributed by atoms with E-state index in [4.69, 9.17) is 11.6 Å². The first-order chi connectivity index (χ1) is 11.7. The molecule has 24 heavy (non-hydrogen) atoms. The van der Waals surface area contributed by atoms with Crippen LogP contribution in [0, 0.1) is 0 Å². The molecule has 6 heteroatoms. The maximum Gasteiger partial charge on any atom is 0.274 e. The van der Waals surface area contributed by atoms with Crippen molar-refractivity contribution < 1.29 is 4.79 Å². The van der Waals surface area contributed by atoms with Crippen molar-refractivity contribution in [2.24, 2.45) is 0 Å². The van der Waals surface area contributed by atoms with Gasteiger partial charge >= 0.3 is 0 Å². The molecule has 0 aliphatic carbocycles. The molecular formula is C18H21ClN4O. The number of nitrogens with zero attached hydrogens (tertiary/aromatic N) is 3. The van der Waals surface area contributed by atoms with Crippen molar-refractivity contribution in [3.8, 4) is 0 Å². The quantitative estimate of drug-likeness (QED) is 0.917. The molecule has 5 nitrogen and oxygen atoms in total. The lowest BCUT2D eigenvalue weighted by Crippen LogP contribution is -2.32. The van der Waals surface area contributed by atoms with Crippen LogP contribution >= 0.6 is 11.6 Å². The molecule has 1 saturated heterocycles. The maximum atomic E-state index is 12.5.